The highest BCUT2D eigenvalue weighted by Gasteiger charge is 2.34. The second-order valence-corrected chi connectivity index (χ2v) is 5.10. The number of ketones is 1. The summed E-state index contributed by atoms with van der Waals surface area (Å²) in [6.07, 6.45) is 6.67. The van der Waals surface area contributed by atoms with Crippen molar-refractivity contribution in [1.82, 2.24) is 4.98 Å². The highest BCUT2D eigenvalue weighted by atomic mass is 16.6. The van der Waals surface area contributed by atoms with E-state index in [1.807, 2.05) is 0 Å². The van der Waals surface area contributed by atoms with Crippen molar-refractivity contribution in [3.63, 3.8) is 0 Å². The van der Waals surface area contributed by atoms with Gasteiger partial charge in [-0.25, -0.2) is 0 Å². The van der Waals surface area contributed by atoms with E-state index in [0.29, 0.717) is 5.69 Å². The maximum absolute atomic E-state index is 12.4. The van der Waals surface area contributed by atoms with Gasteiger partial charge in [-0.15, -0.1) is 0 Å². The second-order valence-electron chi connectivity index (χ2n) is 5.10. The molecule has 1 aliphatic carbocycles. The van der Waals surface area contributed by atoms with Crippen molar-refractivity contribution in [2.75, 3.05) is 6.54 Å². The lowest BCUT2D eigenvalue weighted by atomic mass is 9.77. The first-order chi connectivity index (χ1) is 9.18. The zero-order chi connectivity index (χ0) is 13.7. The molecule has 0 radical (unpaired) electrons. The number of hydrogen-bond acceptors (Lipinski definition) is 4. The van der Waals surface area contributed by atoms with Crippen molar-refractivity contribution < 1.29 is 9.72 Å². The summed E-state index contributed by atoms with van der Waals surface area (Å²) in [5, 5.41) is 10.8. The van der Waals surface area contributed by atoms with Gasteiger partial charge in [0.05, 0.1) is 5.92 Å². The fourth-order valence-electron chi connectivity index (χ4n) is 2.84. The molecule has 1 aromatic heterocycles. The van der Waals surface area contributed by atoms with E-state index < -0.39 is 5.92 Å². The highest BCUT2D eigenvalue weighted by Crippen LogP contribution is 2.31. The molecular formula is C14H18N2O3. The number of nitro groups is 1. The molecule has 0 N–H and O–H groups in total. The molecule has 0 unspecified atom stereocenters. The Morgan fingerprint density at radius 2 is 2.11 bits per heavy atom. The maximum Gasteiger partial charge on any atom is 0.214 e. The lowest BCUT2D eigenvalue weighted by molar-refractivity contribution is -0.487. The third-order valence-corrected chi connectivity index (χ3v) is 3.82. The van der Waals surface area contributed by atoms with Crippen LogP contribution < -0.4 is 0 Å². The molecule has 1 aliphatic rings. The van der Waals surface area contributed by atoms with Gasteiger partial charge in [-0.2, -0.15) is 0 Å². The molecule has 0 spiro atoms. The zero-order valence-corrected chi connectivity index (χ0v) is 10.8. The van der Waals surface area contributed by atoms with Gasteiger partial charge in [0.1, 0.15) is 5.69 Å². The van der Waals surface area contributed by atoms with Crippen LogP contribution in [0.2, 0.25) is 0 Å². The average molecular weight is 262 g/mol. The molecule has 0 saturated heterocycles. The van der Waals surface area contributed by atoms with E-state index in [0.717, 1.165) is 25.7 Å². The molecule has 0 amide bonds. The summed E-state index contributed by atoms with van der Waals surface area (Å²) >= 11 is 0. The first-order valence-corrected chi connectivity index (χ1v) is 6.75. The minimum Gasteiger partial charge on any atom is -0.292 e. The van der Waals surface area contributed by atoms with E-state index in [-0.39, 0.29) is 23.2 Å². The van der Waals surface area contributed by atoms with Gasteiger partial charge in [-0.3, -0.25) is 19.9 Å². The molecule has 0 bridgehead atoms. The molecule has 0 aliphatic heterocycles. The van der Waals surface area contributed by atoms with Crippen LogP contribution in [0.15, 0.2) is 24.4 Å². The predicted octanol–water partition coefficient (Wildman–Crippen LogP) is 2.74. The summed E-state index contributed by atoms with van der Waals surface area (Å²) in [5.41, 5.74) is 0.347. The molecule has 1 fully saturated rings. The molecule has 5 nitrogen and oxygen atoms in total. The Kier molecular flexibility index (Phi) is 4.60. The van der Waals surface area contributed by atoms with Gasteiger partial charge >= 0.3 is 0 Å². The molecule has 0 aromatic carbocycles. The molecule has 1 aromatic rings. The number of aromatic nitrogens is 1. The quantitative estimate of drug-likeness (QED) is 0.464. The highest BCUT2D eigenvalue weighted by molar-refractivity contribution is 5.96. The third kappa shape index (κ3) is 3.59. The first kappa shape index (κ1) is 13.6. The number of pyridine rings is 1. The minimum absolute atomic E-state index is 0.133. The number of carbonyl (C=O) groups is 1. The van der Waals surface area contributed by atoms with Gasteiger partial charge in [-0.1, -0.05) is 25.3 Å². The normalized spacial score (nSPS) is 17.9. The predicted molar refractivity (Wildman–Crippen MR) is 70.5 cm³/mol. The number of nitrogens with zero attached hydrogens (tertiary/aromatic N) is 2. The fraction of sp³-hybridized carbons (Fsp3) is 0.571. The molecule has 102 valence electrons. The Labute approximate surface area is 112 Å². The van der Waals surface area contributed by atoms with Crippen molar-refractivity contribution in [3.8, 4) is 0 Å². The molecule has 5 heteroatoms. The van der Waals surface area contributed by atoms with E-state index in [4.69, 9.17) is 0 Å². The van der Waals surface area contributed by atoms with Gasteiger partial charge in [0.15, 0.2) is 5.78 Å². The van der Waals surface area contributed by atoms with Crippen LogP contribution >= 0.6 is 0 Å². The van der Waals surface area contributed by atoms with E-state index in [2.05, 4.69) is 4.98 Å². The van der Waals surface area contributed by atoms with E-state index >= 15 is 0 Å². The Morgan fingerprint density at radius 1 is 1.37 bits per heavy atom. The monoisotopic (exact) mass is 262 g/mol. The smallest absolute Gasteiger partial charge is 0.214 e. The van der Waals surface area contributed by atoms with Gasteiger partial charge in [0, 0.05) is 11.1 Å². The molecule has 1 heterocycles. The van der Waals surface area contributed by atoms with Crippen molar-refractivity contribution in [1.29, 1.82) is 0 Å². The fourth-order valence-corrected chi connectivity index (χ4v) is 2.84. The Morgan fingerprint density at radius 3 is 2.68 bits per heavy atom. The van der Waals surface area contributed by atoms with Crippen LogP contribution in [0.5, 0.6) is 0 Å². The molecule has 2 rings (SSSR count). The van der Waals surface area contributed by atoms with Gasteiger partial charge in [-0.05, 0) is 30.9 Å². The number of hydrogen-bond donors (Lipinski definition) is 0. The van der Waals surface area contributed by atoms with Crippen LogP contribution in [0, 0.1) is 22.0 Å². The minimum atomic E-state index is -0.523. The van der Waals surface area contributed by atoms with Crippen LogP contribution in [0.1, 0.15) is 42.6 Å². The summed E-state index contributed by atoms with van der Waals surface area (Å²) in [7, 11) is 0. The lowest BCUT2D eigenvalue weighted by Gasteiger charge is -2.26. The zero-order valence-electron chi connectivity index (χ0n) is 10.8. The van der Waals surface area contributed by atoms with Crippen molar-refractivity contribution in [3.05, 3.63) is 40.2 Å². The molecule has 19 heavy (non-hydrogen) atoms. The number of Topliss-reactive ketones (excluding diaryl/α,β-unsaturated/α-hetero) is 1. The standard InChI is InChI=1S/C14H18N2O3/c17-14(13-8-4-5-9-15-13)12(10-16(18)19)11-6-2-1-3-7-11/h4-5,8-9,11-12H,1-3,6-7,10H2/t12-/m1/s1. The number of carbonyl (C=O) groups excluding carboxylic acids is 1. The maximum atomic E-state index is 12.4. The van der Waals surface area contributed by atoms with E-state index in [1.54, 1.807) is 24.4 Å². The van der Waals surface area contributed by atoms with Crippen molar-refractivity contribution in [2.45, 2.75) is 32.1 Å². The summed E-state index contributed by atoms with van der Waals surface area (Å²) in [5.74, 6) is -0.567. The SMILES string of the molecule is O=C(c1ccccn1)[C@H](C[N+](=O)[O-])C1CCCCC1. The average Bonchev–Trinajstić information content (AvgIpc) is 2.46. The summed E-state index contributed by atoms with van der Waals surface area (Å²) < 4.78 is 0. The largest absolute Gasteiger partial charge is 0.292 e. The van der Waals surface area contributed by atoms with E-state index in [9.17, 15) is 14.9 Å². The van der Waals surface area contributed by atoms with Crippen LogP contribution in [0.25, 0.3) is 0 Å². The molecule has 1 saturated carbocycles. The van der Waals surface area contributed by atoms with Crippen LogP contribution in [-0.4, -0.2) is 22.2 Å². The lowest BCUT2D eigenvalue weighted by Crippen LogP contribution is -2.32. The summed E-state index contributed by atoms with van der Waals surface area (Å²) in [6, 6.07) is 5.11. The van der Waals surface area contributed by atoms with Crippen LogP contribution in [-0.2, 0) is 0 Å². The molecule has 1 atom stereocenters. The second kappa shape index (κ2) is 6.41. The van der Waals surface area contributed by atoms with E-state index in [1.165, 1.54) is 6.42 Å². The first-order valence-electron chi connectivity index (χ1n) is 6.75. The molecular weight excluding hydrogens is 244 g/mol. The summed E-state index contributed by atoms with van der Waals surface area (Å²) in [6.45, 7) is -0.278. The Bertz CT molecular complexity index is 441. The van der Waals surface area contributed by atoms with Crippen LogP contribution in [0.3, 0.4) is 0 Å². The third-order valence-electron chi connectivity index (χ3n) is 3.82. The Balaban J connectivity index is 2.16. The van der Waals surface area contributed by atoms with Crippen molar-refractivity contribution >= 4 is 5.78 Å². The van der Waals surface area contributed by atoms with Crippen LogP contribution in [0.4, 0.5) is 0 Å². The van der Waals surface area contributed by atoms with Gasteiger partial charge in [0.2, 0.25) is 6.54 Å². The topological polar surface area (TPSA) is 73.1 Å². The summed E-state index contributed by atoms with van der Waals surface area (Å²) in [4.78, 5) is 26.9. The van der Waals surface area contributed by atoms with Gasteiger partial charge < -0.3 is 0 Å². The van der Waals surface area contributed by atoms with Crippen molar-refractivity contribution in [2.24, 2.45) is 11.8 Å². The Hall–Kier alpha value is -1.78. The van der Waals surface area contributed by atoms with Gasteiger partial charge in [0.25, 0.3) is 0 Å². The number of rotatable bonds is 5.